The maximum absolute atomic E-state index is 12.2. The van der Waals surface area contributed by atoms with Gasteiger partial charge in [0.1, 0.15) is 5.70 Å². The smallest absolute Gasteiger partial charge is 0.224 e. The predicted octanol–water partition coefficient (Wildman–Crippen LogP) is 5.70. The molecule has 8 heteroatoms. The minimum Gasteiger partial charge on any atom is -0.324 e. The molecule has 0 radical (unpaired) electrons. The molecule has 0 saturated carbocycles. The Bertz CT molecular complexity index is 937. The van der Waals surface area contributed by atoms with Gasteiger partial charge in [-0.15, -0.1) is 10.2 Å². The van der Waals surface area contributed by atoms with Gasteiger partial charge in [-0.1, -0.05) is 52.0 Å². The van der Waals surface area contributed by atoms with Crippen molar-refractivity contribution in [1.29, 1.82) is 5.26 Å². The summed E-state index contributed by atoms with van der Waals surface area (Å²) in [5, 5.41) is 21.5. The van der Waals surface area contributed by atoms with Gasteiger partial charge in [-0.2, -0.15) is 5.26 Å². The molecule has 1 N–H and O–H groups in total. The van der Waals surface area contributed by atoms with E-state index in [1.165, 1.54) is 0 Å². The highest BCUT2D eigenvalue weighted by molar-refractivity contribution is 8.01. The molecule has 0 aromatic heterocycles. The molecule has 2 aliphatic rings. The van der Waals surface area contributed by atoms with Crippen molar-refractivity contribution in [3.63, 3.8) is 0 Å². The van der Waals surface area contributed by atoms with Crippen LogP contribution in [-0.2, 0) is 4.79 Å². The van der Waals surface area contributed by atoms with Gasteiger partial charge >= 0.3 is 0 Å². The number of nitrogens with zero attached hydrogens (tertiary/aromatic N) is 5. The Morgan fingerprint density at radius 3 is 2.67 bits per heavy atom. The van der Waals surface area contributed by atoms with Crippen LogP contribution in [0.15, 0.2) is 73.1 Å². The zero-order valence-electron chi connectivity index (χ0n) is 20.0. The van der Waals surface area contributed by atoms with Crippen molar-refractivity contribution < 1.29 is 4.79 Å². The van der Waals surface area contributed by atoms with Crippen LogP contribution in [0, 0.1) is 23.2 Å². The molecule has 0 fully saturated rings. The lowest BCUT2D eigenvalue weighted by Crippen LogP contribution is -2.43. The molecule has 176 valence electrons. The lowest BCUT2D eigenvalue weighted by molar-refractivity contribution is -0.120. The molecule has 33 heavy (non-hydrogen) atoms. The van der Waals surface area contributed by atoms with E-state index < -0.39 is 0 Å². The number of nitriles is 1. The van der Waals surface area contributed by atoms with Crippen LogP contribution in [0.2, 0.25) is 0 Å². The third-order valence-corrected chi connectivity index (χ3v) is 6.31. The second kappa shape index (κ2) is 13.7. The molecule has 3 unspecified atom stereocenters. The molecule has 2 rings (SSSR count). The first-order valence-corrected chi connectivity index (χ1v) is 12.2. The summed E-state index contributed by atoms with van der Waals surface area (Å²) in [6.45, 7) is 13.3. The van der Waals surface area contributed by atoms with Crippen molar-refractivity contribution in [1.82, 2.24) is 10.2 Å². The molecule has 0 aromatic rings. The van der Waals surface area contributed by atoms with Gasteiger partial charge in [0.2, 0.25) is 5.91 Å². The molecule has 0 aromatic carbocycles. The first-order valence-electron chi connectivity index (χ1n) is 11.5. The third kappa shape index (κ3) is 7.65. The summed E-state index contributed by atoms with van der Waals surface area (Å²) in [6, 6.07) is 2.28. The van der Waals surface area contributed by atoms with Crippen molar-refractivity contribution in [2.24, 2.45) is 26.5 Å². The SMILES string of the molecule is C=NS/C(N=NC1=CC(C)C(N(CC)CC2C=CC=CC2)C=C1NC(=O)CC)=C(/C#N)CC. The maximum Gasteiger partial charge on any atom is 0.224 e. The molecule has 0 aliphatic heterocycles. The van der Waals surface area contributed by atoms with Gasteiger partial charge in [-0.3, -0.25) is 9.69 Å². The van der Waals surface area contributed by atoms with Crippen LogP contribution in [0.1, 0.15) is 47.0 Å². The van der Waals surface area contributed by atoms with E-state index in [-0.39, 0.29) is 17.9 Å². The van der Waals surface area contributed by atoms with Crippen molar-refractivity contribution in [3.05, 3.63) is 58.5 Å². The van der Waals surface area contributed by atoms with Gasteiger partial charge in [0.25, 0.3) is 0 Å². The van der Waals surface area contributed by atoms with E-state index in [9.17, 15) is 10.1 Å². The van der Waals surface area contributed by atoms with E-state index in [1.54, 1.807) is 0 Å². The molecule has 7 nitrogen and oxygen atoms in total. The van der Waals surface area contributed by atoms with Crippen LogP contribution in [0.25, 0.3) is 0 Å². The number of nitrogens with one attached hydrogen (secondary N) is 1. The lowest BCUT2D eigenvalue weighted by Gasteiger charge is -2.36. The van der Waals surface area contributed by atoms with E-state index in [0.717, 1.165) is 31.5 Å². The van der Waals surface area contributed by atoms with Gasteiger partial charge in [0.15, 0.2) is 5.03 Å². The molecule has 0 saturated heterocycles. The molecule has 0 spiro atoms. The summed E-state index contributed by atoms with van der Waals surface area (Å²) in [6.07, 6.45) is 14.7. The Kier molecular flexibility index (Phi) is 11.0. The Labute approximate surface area is 202 Å². The molecular weight excluding hydrogens is 432 g/mol. The average molecular weight is 467 g/mol. The van der Waals surface area contributed by atoms with E-state index in [1.807, 2.05) is 19.9 Å². The van der Waals surface area contributed by atoms with Crippen LogP contribution in [0.5, 0.6) is 0 Å². The summed E-state index contributed by atoms with van der Waals surface area (Å²) in [5.41, 5.74) is 1.73. The topological polar surface area (TPSA) is 93.2 Å². The predicted molar refractivity (Wildman–Crippen MR) is 136 cm³/mol. The quantitative estimate of drug-likeness (QED) is 0.183. The van der Waals surface area contributed by atoms with Crippen LogP contribution in [0.4, 0.5) is 0 Å². The van der Waals surface area contributed by atoms with Gasteiger partial charge in [0.05, 0.1) is 17.3 Å². The van der Waals surface area contributed by atoms with Crippen molar-refractivity contribution >= 4 is 24.6 Å². The molecule has 0 bridgehead atoms. The molecule has 2 aliphatic carbocycles. The fourth-order valence-corrected chi connectivity index (χ4v) is 4.32. The first kappa shape index (κ1) is 26.5. The number of hydrogen-bond acceptors (Lipinski definition) is 7. The number of allylic oxidation sites excluding steroid dienone is 4. The number of carbonyl (C=O) groups is 1. The second-order valence-corrected chi connectivity index (χ2v) is 8.78. The molecular formula is C25H34N6OS. The average Bonchev–Trinajstić information content (AvgIpc) is 2.83. The largest absolute Gasteiger partial charge is 0.324 e. The summed E-state index contributed by atoms with van der Waals surface area (Å²) in [4.78, 5) is 14.7. The Morgan fingerprint density at radius 2 is 2.09 bits per heavy atom. The zero-order chi connectivity index (χ0) is 24.2. The van der Waals surface area contributed by atoms with Crippen LogP contribution < -0.4 is 5.32 Å². The normalized spacial score (nSPS) is 23.1. The number of likely N-dealkylation sites (N-methyl/N-ethyl adjacent to an activating group) is 1. The fourth-order valence-electron chi connectivity index (χ4n) is 3.82. The zero-order valence-corrected chi connectivity index (χ0v) is 20.8. The van der Waals surface area contributed by atoms with E-state index in [4.69, 9.17) is 0 Å². The van der Waals surface area contributed by atoms with Crippen molar-refractivity contribution in [2.75, 3.05) is 13.1 Å². The van der Waals surface area contributed by atoms with Crippen molar-refractivity contribution in [3.8, 4) is 6.07 Å². The number of azo groups is 1. The highest BCUT2D eigenvalue weighted by Crippen LogP contribution is 2.30. The minimum atomic E-state index is -0.0803. The summed E-state index contributed by atoms with van der Waals surface area (Å²) in [7, 11) is 0. The van der Waals surface area contributed by atoms with E-state index in [2.05, 4.69) is 81.9 Å². The van der Waals surface area contributed by atoms with Crippen LogP contribution in [0.3, 0.4) is 0 Å². The lowest BCUT2D eigenvalue weighted by atomic mass is 9.90. The standard InChI is InChI=1S/C25H34N6OS/c1-6-20(16-26)25(33-27-5)30-29-22-14-18(4)23(15-21(22)28-24(32)7-2)31(8-3)17-19-12-10-9-11-13-19/h9-12,14-15,18-19,23H,5-8,13,17H2,1-4H3,(H,28,32)/b25-20+,30-29?. The van der Waals surface area contributed by atoms with E-state index in [0.29, 0.717) is 40.8 Å². The van der Waals surface area contributed by atoms with Gasteiger partial charge in [-0.05, 0) is 50.1 Å². The number of rotatable bonds is 11. The van der Waals surface area contributed by atoms with E-state index >= 15 is 0 Å². The third-order valence-electron chi connectivity index (χ3n) is 5.68. The minimum absolute atomic E-state index is 0.0803. The number of amides is 1. The second-order valence-electron chi connectivity index (χ2n) is 7.95. The maximum atomic E-state index is 12.2. The highest BCUT2D eigenvalue weighted by Gasteiger charge is 2.28. The Hall–Kier alpha value is -2.76. The Balaban J connectivity index is 2.35. The fraction of sp³-hybridized carbons (Fsp3) is 0.480. The highest BCUT2D eigenvalue weighted by atomic mass is 32.2. The summed E-state index contributed by atoms with van der Waals surface area (Å²) in [5.74, 6) is 0.565. The number of carbonyl (C=O) groups excluding carboxylic acids is 1. The molecule has 3 atom stereocenters. The summed E-state index contributed by atoms with van der Waals surface area (Å²) >= 11 is 1.03. The first-order chi connectivity index (χ1) is 16.0. The van der Waals surface area contributed by atoms with Gasteiger partial charge in [-0.25, -0.2) is 4.40 Å². The molecule has 0 heterocycles. The van der Waals surface area contributed by atoms with Crippen LogP contribution >= 0.6 is 11.9 Å². The van der Waals surface area contributed by atoms with Crippen molar-refractivity contribution in [2.45, 2.75) is 53.0 Å². The number of hydrogen-bond donors (Lipinski definition) is 1. The van der Waals surface area contributed by atoms with Crippen LogP contribution in [-0.4, -0.2) is 36.7 Å². The van der Waals surface area contributed by atoms with Gasteiger partial charge in [0, 0.05) is 31.0 Å². The van der Waals surface area contributed by atoms with Gasteiger partial charge < -0.3 is 5.32 Å². The monoisotopic (exact) mass is 466 g/mol. The Morgan fingerprint density at radius 1 is 1.30 bits per heavy atom. The molecule has 1 amide bonds. The summed E-state index contributed by atoms with van der Waals surface area (Å²) < 4.78 is 3.80.